The zero-order valence-corrected chi connectivity index (χ0v) is 11.3. The van der Waals surface area contributed by atoms with Gasteiger partial charge in [-0.1, -0.05) is 0 Å². The highest BCUT2D eigenvalue weighted by Crippen LogP contribution is 2.20. The van der Waals surface area contributed by atoms with Gasteiger partial charge in [0.25, 0.3) is 0 Å². The maximum absolute atomic E-state index is 10.2. The lowest BCUT2D eigenvalue weighted by Crippen LogP contribution is -2.44. The monoisotopic (exact) mass is 256 g/mol. The molecule has 0 radical (unpaired) electrons. The molecule has 1 saturated heterocycles. The van der Waals surface area contributed by atoms with Gasteiger partial charge >= 0.3 is 0 Å². The molecule has 0 aromatic carbocycles. The molecule has 0 spiro atoms. The third-order valence-electron chi connectivity index (χ3n) is 3.23. The summed E-state index contributed by atoms with van der Waals surface area (Å²) in [6.45, 7) is 6.79. The summed E-state index contributed by atoms with van der Waals surface area (Å²) >= 11 is 1.72. The van der Waals surface area contributed by atoms with E-state index in [4.69, 9.17) is 4.74 Å². The quantitative estimate of drug-likeness (QED) is 0.855. The van der Waals surface area contributed by atoms with Crippen LogP contribution < -0.4 is 5.32 Å². The Bertz CT molecular complexity index is 353. The maximum atomic E-state index is 10.2. The van der Waals surface area contributed by atoms with Gasteiger partial charge in [0.05, 0.1) is 11.3 Å². The number of aryl methyl sites for hydroxylation is 2. The number of rotatable bonds is 4. The molecule has 0 bridgehead atoms. The molecule has 2 N–H and O–H groups in total. The van der Waals surface area contributed by atoms with E-state index in [1.54, 1.807) is 11.3 Å². The Morgan fingerprint density at radius 3 is 2.71 bits per heavy atom. The van der Waals surface area contributed by atoms with E-state index in [1.165, 1.54) is 4.88 Å². The molecule has 2 heterocycles. The number of ether oxygens (including phenoxy) is 1. The highest BCUT2D eigenvalue weighted by Gasteiger charge is 2.29. The Kier molecular flexibility index (Phi) is 4.14. The minimum absolute atomic E-state index is 0.598. The van der Waals surface area contributed by atoms with Crippen molar-refractivity contribution in [2.24, 2.45) is 0 Å². The van der Waals surface area contributed by atoms with Crippen molar-refractivity contribution in [1.29, 1.82) is 0 Å². The zero-order valence-electron chi connectivity index (χ0n) is 10.5. The smallest absolute Gasteiger partial charge is 0.107 e. The molecule has 5 heteroatoms. The zero-order chi connectivity index (χ0) is 12.3. The van der Waals surface area contributed by atoms with Gasteiger partial charge in [-0.2, -0.15) is 0 Å². The molecule has 17 heavy (non-hydrogen) atoms. The molecule has 96 valence electrons. The lowest BCUT2D eigenvalue weighted by atomic mass is 9.94. The first-order chi connectivity index (χ1) is 8.09. The third kappa shape index (κ3) is 3.48. The van der Waals surface area contributed by atoms with E-state index in [2.05, 4.69) is 17.2 Å². The van der Waals surface area contributed by atoms with Crippen LogP contribution in [0.15, 0.2) is 0 Å². The summed E-state index contributed by atoms with van der Waals surface area (Å²) in [7, 11) is 0. The SMILES string of the molecule is Cc1nc(CNCC2(O)CCOCC2)sc1C. The van der Waals surface area contributed by atoms with E-state index in [0.717, 1.165) is 30.1 Å². The van der Waals surface area contributed by atoms with E-state index < -0.39 is 5.60 Å². The maximum Gasteiger partial charge on any atom is 0.107 e. The molecule has 1 aromatic rings. The largest absolute Gasteiger partial charge is 0.388 e. The van der Waals surface area contributed by atoms with Gasteiger partial charge in [-0.05, 0) is 13.8 Å². The van der Waals surface area contributed by atoms with Crippen LogP contribution in [0.4, 0.5) is 0 Å². The minimum atomic E-state index is -0.598. The Morgan fingerprint density at radius 1 is 1.41 bits per heavy atom. The summed E-state index contributed by atoms with van der Waals surface area (Å²) in [6, 6.07) is 0. The van der Waals surface area contributed by atoms with Gasteiger partial charge in [-0.15, -0.1) is 11.3 Å². The first kappa shape index (κ1) is 13.0. The van der Waals surface area contributed by atoms with Crippen LogP contribution in [0, 0.1) is 13.8 Å². The number of hydrogen-bond donors (Lipinski definition) is 2. The molecule has 4 nitrogen and oxygen atoms in total. The molecule has 0 amide bonds. The second-order valence-electron chi connectivity index (χ2n) is 4.69. The average Bonchev–Trinajstić information content (AvgIpc) is 2.59. The molecule has 0 aliphatic carbocycles. The van der Waals surface area contributed by atoms with E-state index >= 15 is 0 Å². The van der Waals surface area contributed by atoms with Crippen molar-refractivity contribution in [3.63, 3.8) is 0 Å². The van der Waals surface area contributed by atoms with E-state index in [1.807, 2.05) is 6.92 Å². The number of nitrogens with zero attached hydrogens (tertiary/aromatic N) is 1. The van der Waals surface area contributed by atoms with E-state index in [9.17, 15) is 5.11 Å². The van der Waals surface area contributed by atoms with Crippen LogP contribution in [-0.4, -0.2) is 35.5 Å². The Labute approximate surface area is 106 Å². The standard InChI is InChI=1S/C12H20N2O2S/c1-9-10(2)17-11(14-9)7-13-8-12(15)3-5-16-6-4-12/h13,15H,3-8H2,1-2H3. The van der Waals surface area contributed by atoms with Gasteiger partial charge < -0.3 is 15.2 Å². The summed E-state index contributed by atoms with van der Waals surface area (Å²) in [5.41, 5.74) is 0.510. The van der Waals surface area contributed by atoms with Crippen LogP contribution in [0.3, 0.4) is 0 Å². The second-order valence-corrected chi connectivity index (χ2v) is 5.98. The molecule has 0 saturated carbocycles. The van der Waals surface area contributed by atoms with Gasteiger partial charge in [-0.3, -0.25) is 0 Å². The van der Waals surface area contributed by atoms with Crippen LogP contribution in [0.25, 0.3) is 0 Å². The number of hydrogen-bond acceptors (Lipinski definition) is 5. The van der Waals surface area contributed by atoms with E-state index in [0.29, 0.717) is 19.8 Å². The molecule has 2 rings (SSSR count). The van der Waals surface area contributed by atoms with Crippen molar-refractivity contribution in [1.82, 2.24) is 10.3 Å². The molecule has 1 fully saturated rings. The topological polar surface area (TPSA) is 54.4 Å². The summed E-state index contributed by atoms with van der Waals surface area (Å²) < 4.78 is 5.25. The summed E-state index contributed by atoms with van der Waals surface area (Å²) in [5.74, 6) is 0. The molecule has 0 unspecified atom stereocenters. The molecule has 1 aliphatic rings. The molecule has 1 aromatic heterocycles. The lowest BCUT2D eigenvalue weighted by molar-refractivity contribution is -0.0617. The van der Waals surface area contributed by atoms with Crippen LogP contribution in [0.2, 0.25) is 0 Å². The third-order valence-corrected chi connectivity index (χ3v) is 4.30. The van der Waals surface area contributed by atoms with Crippen molar-refractivity contribution in [3.05, 3.63) is 15.6 Å². The Morgan fingerprint density at radius 2 is 2.12 bits per heavy atom. The summed E-state index contributed by atoms with van der Waals surface area (Å²) in [6.07, 6.45) is 1.44. The fourth-order valence-electron chi connectivity index (χ4n) is 1.95. The number of aliphatic hydroxyl groups is 1. The summed E-state index contributed by atoms with van der Waals surface area (Å²) in [4.78, 5) is 5.74. The fourth-order valence-corrected chi connectivity index (χ4v) is 2.85. The average molecular weight is 256 g/mol. The van der Waals surface area contributed by atoms with Crippen LogP contribution in [-0.2, 0) is 11.3 Å². The fraction of sp³-hybridized carbons (Fsp3) is 0.750. The predicted molar refractivity (Wildman–Crippen MR) is 68.3 cm³/mol. The lowest BCUT2D eigenvalue weighted by Gasteiger charge is -2.32. The van der Waals surface area contributed by atoms with Crippen molar-refractivity contribution in [2.75, 3.05) is 19.8 Å². The first-order valence-electron chi connectivity index (χ1n) is 6.03. The van der Waals surface area contributed by atoms with Crippen molar-refractivity contribution in [3.8, 4) is 0 Å². The highest BCUT2D eigenvalue weighted by molar-refractivity contribution is 7.11. The molecule has 0 atom stereocenters. The molecular weight excluding hydrogens is 236 g/mol. The van der Waals surface area contributed by atoms with Crippen LogP contribution in [0.5, 0.6) is 0 Å². The van der Waals surface area contributed by atoms with Crippen LogP contribution >= 0.6 is 11.3 Å². The van der Waals surface area contributed by atoms with Gasteiger partial charge in [0, 0.05) is 44.0 Å². The van der Waals surface area contributed by atoms with Gasteiger partial charge in [-0.25, -0.2) is 4.98 Å². The van der Waals surface area contributed by atoms with Gasteiger partial charge in [0.2, 0.25) is 0 Å². The predicted octanol–water partition coefficient (Wildman–Crippen LogP) is 1.39. The minimum Gasteiger partial charge on any atom is -0.388 e. The Balaban J connectivity index is 1.78. The summed E-state index contributed by atoms with van der Waals surface area (Å²) in [5, 5.41) is 14.6. The number of nitrogens with one attached hydrogen (secondary N) is 1. The van der Waals surface area contributed by atoms with Gasteiger partial charge in [0.1, 0.15) is 5.01 Å². The van der Waals surface area contributed by atoms with Crippen molar-refractivity contribution >= 4 is 11.3 Å². The second kappa shape index (κ2) is 5.44. The number of aromatic nitrogens is 1. The normalized spacial score (nSPS) is 19.5. The molecule has 1 aliphatic heterocycles. The highest BCUT2D eigenvalue weighted by atomic mass is 32.1. The van der Waals surface area contributed by atoms with Crippen LogP contribution in [0.1, 0.15) is 28.4 Å². The van der Waals surface area contributed by atoms with Crippen molar-refractivity contribution < 1.29 is 9.84 Å². The molecular formula is C12H20N2O2S. The van der Waals surface area contributed by atoms with Gasteiger partial charge in [0.15, 0.2) is 0 Å². The van der Waals surface area contributed by atoms with Crippen molar-refractivity contribution in [2.45, 2.75) is 38.8 Å². The number of thiazole rings is 1. The Hall–Kier alpha value is -0.490. The van der Waals surface area contributed by atoms with E-state index in [-0.39, 0.29) is 0 Å². The first-order valence-corrected chi connectivity index (χ1v) is 6.84.